The molecule has 0 aliphatic heterocycles. The van der Waals surface area contributed by atoms with Gasteiger partial charge in [-0.05, 0) is 17.8 Å². The Morgan fingerprint density at radius 1 is 1.04 bits per heavy atom. The molecular weight excluding hydrogens is 350 g/mol. The van der Waals surface area contributed by atoms with Crippen LogP contribution in [-0.4, -0.2) is 36.0 Å². The first-order chi connectivity index (χ1) is 12.6. The third kappa shape index (κ3) is 10.8. The number of amides is 1. The monoisotopic (exact) mass is 387 g/mol. The van der Waals surface area contributed by atoms with Crippen molar-refractivity contribution in [3.05, 3.63) is 0 Å². The highest BCUT2D eigenvalue weighted by molar-refractivity contribution is 5.70. The van der Waals surface area contributed by atoms with Crippen LogP contribution in [0.2, 0.25) is 0 Å². The van der Waals surface area contributed by atoms with Crippen molar-refractivity contribution in [2.24, 2.45) is 23.7 Å². The van der Waals surface area contributed by atoms with Crippen LogP contribution in [0.25, 0.3) is 0 Å². The largest absolute Gasteiger partial charge is 0.481 e. The Morgan fingerprint density at radius 3 is 2.15 bits per heavy atom. The maximum Gasteiger partial charge on any atom is 0.410 e. The van der Waals surface area contributed by atoms with E-state index in [4.69, 9.17) is 9.47 Å². The Bertz CT molecular complexity index is 465. The Labute approximate surface area is 163 Å². The van der Waals surface area contributed by atoms with Gasteiger partial charge in [-0.25, -0.2) is 4.79 Å². The molecule has 0 aromatic carbocycles. The zero-order valence-corrected chi connectivity index (χ0v) is 17.6. The molecule has 1 amide bonds. The van der Waals surface area contributed by atoms with Crippen molar-refractivity contribution in [1.82, 2.24) is 5.32 Å². The number of hydrogen-bond donors (Lipinski definition) is 2. The first-order valence-corrected chi connectivity index (χ1v) is 9.97. The van der Waals surface area contributed by atoms with Crippen molar-refractivity contribution in [3.63, 3.8) is 0 Å². The molecule has 0 aromatic rings. The van der Waals surface area contributed by atoms with Crippen LogP contribution in [0.1, 0.15) is 73.6 Å². The maximum atomic E-state index is 12.1. The van der Waals surface area contributed by atoms with Crippen LogP contribution in [0.3, 0.4) is 0 Å². The Morgan fingerprint density at radius 2 is 1.67 bits per heavy atom. The van der Waals surface area contributed by atoms with Crippen LogP contribution in [0.4, 0.5) is 4.79 Å². The minimum absolute atomic E-state index is 0.0175. The number of hydrogen-bond acceptors (Lipinski definition) is 5. The van der Waals surface area contributed by atoms with Crippen molar-refractivity contribution >= 4 is 18.0 Å². The molecule has 0 heterocycles. The lowest BCUT2D eigenvalue weighted by Gasteiger charge is -2.28. The van der Waals surface area contributed by atoms with Crippen molar-refractivity contribution in [2.45, 2.75) is 79.9 Å². The number of aliphatic carboxylic acids is 1. The van der Waals surface area contributed by atoms with Crippen molar-refractivity contribution in [1.29, 1.82) is 0 Å². The molecule has 0 aliphatic rings. The molecule has 0 unspecified atom stereocenters. The molecular formula is C20H37NO6. The predicted octanol–water partition coefficient (Wildman–Crippen LogP) is 4.20. The van der Waals surface area contributed by atoms with E-state index < -0.39 is 24.3 Å². The zero-order valence-electron chi connectivity index (χ0n) is 17.6. The average molecular weight is 388 g/mol. The lowest BCUT2D eigenvalue weighted by atomic mass is 9.79. The third-order valence-corrected chi connectivity index (χ3v) is 4.90. The first kappa shape index (κ1) is 25.2. The van der Waals surface area contributed by atoms with E-state index in [2.05, 4.69) is 19.2 Å². The summed E-state index contributed by atoms with van der Waals surface area (Å²) in [5, 5.41) is 11.8. The molecule has 0 bridgehead atoms. The topological polar surface area (TPSA) is 102 Å². The van der Waals surface area contributed by atoms with Gasteiger partial charge in [-0.2, -0.15) is 0 Å². The molecule has 0 aliphatic carbocycles. The number of carboxylic acids is 1. The molecule has 0 fully saturated rings. The number of alkyl carbamates (subject to hydrolysis) is 1. The van der Waals surface area contributed by atoms with Gasteiger partial charge < -0.3 is 19.9 Å². The second kappa shape index (κ2) is 13.4. The molecule has 0 spiro atoms. The number of rotatable bonds is 13. The van der Waals surface area contributed by atoms with Gasteiger partial charge in [-0.1, -0.05) is 60.8 Å². The predicted molar refractivity (Wildman–Crippen MR) is 103 cm³/mol. The minimum Gasteiger partial charge on any atom is -0.481 e. The van der Waals surface area contributed by atoms with Crippen LogP contribution >= 0.6 is 0 Å². The van der Waals surface area contributed by atoms with E-state index in [1.807, 2.05) is 6.92 Å². The second-order valence-corrected chi connectivity index (χ2v) is 7.58. The summed E-state index contributed by atoms with van der Waals surface area (Å²) in [6, 6.07) is 0. The summed E-state index contributed by atoms with van der Waals surface area (Å²) in [7, 11) is 0. The van der Waals surface area contributed by atoms with Gasteiger partial charge in [0.15, 0.2) is 0 Å². The normalized spacial score (nSPS) is 15.5. The summed E-state index contributed by atoms with van der Waals surface area (Å²) in [5.41, 5.74) is 0. The van der Waals surface area contributed by atoms with E-state index in [0.29, 0.717) is 5.92 Å². The highest BCUT2D eigenvalue weighted by Crippen LogP contribution is 2.27. The van der Waals surface area contributed by atoms with Crippen molar-refractivity contribution in [3.8, 4) is 0 Å². The molecule has 27 heavy (non-hydrogen) atoms. The molecule has 0 aromatic heterocycles. The first-order valence-electron chi connectivity index (χ1n) is 9.97. The number of carbonyl (C=O) groups excluding carboxylic acids is 2. The van der Waals surface area contributed by atoms with Crippen LogP contribution in [0.5, 0.6) is 0 Å². The number of carboxylic acid groups (broad SMARTS) is 1. The van der Waals surface area contributed by atoms with Gasteiger partial charge in [0, 0.05) is 18.9 Å². The van der Waals surface area contributed by atoms with E-state index in [0.717, 1.165) is 19.3 Å². The minimum atomic E-state index is -0.962. The van der Waals surface area contributed by atoms with Crippen molar-refractivity contribution < 1.29 is 29.0 Å². The summed E-state index contributed by atoms with van der Waals surface area (Å²) in [4.78, 5) is 34.8. The zero-order chi connectivity index (χ0) is 21.0. The van der Waals surface area contributed by atoms with Crippen molar-refractivity contribution in [2.75, 3.05) is 6.54 Å². The van der Waals surface area contributed by atoms with E-state index >= 15 is 0 Å². The lowest BCUT2D eigenvalue weighted by Crippen LogP contribution is -2.39. The standard InChI is InChI=1S/C20H37NO6/c1-7-9-10-14(5)15(6)16(11-17(22)23)12-21-20(25)27-19(13(3)4)26-18(24)8-2/h13-16,19H,7-12H2,1-6H3,(H,21,25)(H,22,23)/t14-,15-,16+,19-/m1/s1. The average Bonchev–Trinajstić information content (AvgIpc) is 2.61. The summed E-state index contributed by atoms with van der Waals surface area (Å²) in [6.07, 6.45) is 1.73. The van der Waals surface area contributed by atoms with Gasteiger partial charge in [0.1, 0.15) is 0 Å². The smallest absolute Gasteiger partial charge is 0.410 e. The SMILES string of the molecule is CCCC[C@@H](C)[C@@H](C)[C@H](CNC(=O)O[C@@H](OC(=O)CC)C(C)C)CC(=O)O. The Balaban J connectivity index is 4.77. The molecule has 0 rings (SSSR count). The van der Waals surface area contributed by atoms with Crippen LogP contribution in [-0.2, 0) is 19.1 Å². The fourth-order valence-corrected chi connectivity index (χ4v) is 2.79. The second-order valence-electron chi connectivity index (χ2n) is 7.58. The number of esters is 1. The Kier molecular flexibility index (Phi) is 12.5. The maximum absolute atomic E-state index is 12.1. The van der Waals surface area contributed by atoms with E-state index in [1.54, 1.807) is 20.8 Å². The van der Waals surface area contributed by atoms with E-state index in [9.17, 15) is 19.5 Å². The molecule has 0 saturated heterocycles. The van der Waals surface area contributed by atoms with Gasteiger partial charge in [-0.15, -0.1) is 0 Å². The molecule has 2 N–H and O–H groups in total. The number of carbonyl (C=O) groups is 3. The summed E-state index contributed by atoms with van der Waals surface area (Å²) >= 11 is 0. The number of unbranched alkanes of at least 4 members (excludes halogenated alkanes) is 1. The number of ether oxygens (including phenoxy) is 2. The highest BCUT2D eigenvalue weighted by atomic mass is 16.7. The van der Waals surface area contributed by atoms with Crippen LogP contribution < -0.4 is 5.32 Å². The molecule has 0 saturated carbocycles. The molecule has 0 radical (unpaired) electrons. The fourth-order valence-electron chi connectivity index (χ4n) is 2.79. The lowest BCUT2D eigenvalue weighted by molar-refractivity contribution is -0.174. The van der Waals surface area contributed by atoms with Gasteiger partial charge in [0.05, 0.1) is 6.42 Å². The molecule has 158 valence electrons. The van der Waals surface area contributed by atoms with Crippen LogP contribution in [0, 0.1) is 23.7 Å². The summed E-state index contributed by atoms with van der Waals surface area (Å²) in [5.74, 6) is -1.20. The van der Waals surface area contributed by atoms with Gasteiger partial charge >= 0.3 is 18.0 Å². The van der Waals surface area contributed by atoms with E-state index in [1.165, 1.54) is 0 Å². The summed E-state index contributed by atoms with van der Waals surface area (Å²) in [6.45, 7) is 11.7. The fraction of sp³-hybridized carbons (Fsp3) is 0.850. The van der Waals surface area contributed by atoms with Crippen LogP contribution in [0.15, 0.2) is 0 Å². The molecule has 4 atom stereocenters. The third-order valence-electron chi connectivity index (χ3n) is 4.90. The van der Waals surface area contributed by atoms with Gasteiger partial charge in [0.25, 0.3) is 6.29 Å². The highest BCUT2D eigenvalue weighted by Gasteiger charge is 2.27. The quantitative estimate of drug-likeness (QED) is 0.363. The number of nitrogens with one attached hydrogen (secondary N) is 1. The summed E-state index contributed by atoms with van der Waals surface area (Å²) < 4.78 is 10.3. The van der Waals surface area contributed by atoms with E-state index in [-0.39, 0.29) is 37.1 Å². The molecule has 7 nitrogen and oxygen atoms in total. The Hall–Kier alpha value is -1.79. The van der Waals surface area contributed by atoms with Gasteiger partial charge in [-0.3, -0.25) is 9.59 Å². The van der Waals surface area contributed by atoms with Gasteiger partial charge in [0.2, 0.25) is 0 Å². The molecule has 7 heteroatoms.